The summed E-state index contributed by atoms with van der Waals surface area (Å²) < 4.78 is 56.3. The Hall–Kier alpha value is -0.865. The molecule has 2 nitrogen and oxygen atoms in total. The van der Waals surface area contributed by atoms with E-state index in [1.165, 1.54) is 0 Å². The lowest BCUT2D eigenvalue weighted by molar-refractivity contribution is 0.425. The van der Waals surface area contributed by atoms with Gasteiger partial charge in [0.25, 0.3) is 0 Å². The summed E-state index contributed by atoms with van der Waals surface area (Å²) in [6.07, 6.45) is 0. The predicted octanol–water partition coefficient (Wildman–Crippen LogP) is -0.186. The van der Waals surface area contributed by atoms with Crippen LogP contribution in [0.3, 0.4) is 0 Å². The zero-order valence-electron chi connectivity index (χ0n) is 11.3. The number of hydrogen-bond donors (Lipinski definition) is 2. The molecule has 1 rings (SSSR count). The smallest absolute Gasteiger partial charge is 0.423 e. The van der Waals surface area contributed by atoms with E-state index >= 15 is 0 Å². The van der Waals surface area contributed by atoms with Crippen molar-refractivity contribution in [2.45, 2.75) is 6.85 Å². The van der Waals surface area contributed by atoms with E-state index in [1.807, 2.05) is 0 Å². The molecule has 0 unspecified atom stereocenters. The van der Waals surface area contributed by atoms with Gasteiger partial charge in [-0.05, 0) is 30.0 Å². The quantitative estimate of drug-likeness (QED) is 0.559. The topological polar surface area (TPSA) is 40.5 Å². The minimum atomic E-state index is -2.97. The van der Waals surface area contributed by atoms with Gasteiger partial charge in [0.2, 0.25) is 0 Å². The zero-order chi connectivity index (χ0) is 13.5. The molecule has 0 heterocycles. The Kier molecular flexibility index (Phi) is 0.894. The van der Waals surface area contributed by atoms with Gasteiger partial charge in [0.05, 0.1) is 4.11 Å². The Bertz CT molecular complexity index is 461. The maximum Gasteiger partial charge on any atom is 0.488 e. The van der Waals surface area contributed by atoms with E-state index in [4.69, 9.17) is 18.3 Å². The average molecular weight is 160 g/mol. The Balaban J connectivity index is 3.79. The van der Waals surface area contributed by atoms with Crippen molar-refractivity contribution in [3.63, 3.8) is 0 Å². The number of rotatable bonds is 1. The van der Waals surface area contributed by atoms with E-state index in [0.29, 0.717) is 0 Å². The summed E-state index contributed by atoms with van der Waals surface area (Å²) in [4.78, 5) is 0. The summed E-state index contributed by atoms with van der Waals surface area (Å²) >= 11 is 0. The van der Waals surface area contributed by atoms with Crippen LogP contribution in [0.1, 0.15) is 13.8 Å². The average Bonchev–Trinajstić information content (AvgIpc) is 2.17. The van der Waals surface area contributed by atoms with E-state index in [2.05, 4.69) is 0 Å². The molecular formula is C7H8BFO2. The molecular weight excluding hydrogens is 146 g/mol. The summed E-state index contributed by atoms with van der Waals surface area (Å²) in [5.41, 5.74) is -1.78. The molecule has 58 valence electrons. The lowest BCUT2D eigenvalue weighted by Gasteiger charge is -2.02. The van der Waals surface area contributed by atoms with E-state index in [0.717, 1.165) is 0 Å². The normalized spacial score (nSPS) is 18.8. The molecule has 0 aliphatic heterocycles. The summed E-state index contributed by atoms with van der Waals surface area (Å²) in [5, 5.41) is 18.0. The molecule has 0 radical (unpaired) electrons. The van der Waals surface area contributed by atoms with Crippen LogP contribution in [-0.2, 0) is 0 Å². The van der Waals surface area contributed by atoms with E-state index < -0.39 is 48.9 Å². The Labute approximate surface area is 72.9 Å². The van der Waals surface area contributed by atoms with Gasteiger partial charge in [-0.2, -0.15) is 0 Å². The molecule has 0 saturated heterocycles. The maximum absolute atomic E-state index is 13.3. The first-order valence-corrected chi connectivity index (χ1v) is 2.74. The Morgan fingerprint density at radius 1 is 1.64 bits per heavy atom. The minimum absolute atomic E-state index is 0.832. The first kappa shape index (κ1) is 3.25. The third-order valence-corrected chi connectivity index (χ3v) is 1.07. The first-order chi connectivity index (χ1) is 7.59. The SMILES string of the molecule is [2H]c1c([2H])c(B(O)O)c(C([2H])([2H])[2H])c([2H])c1F. The van der Waals surface area contributed by atoms with Gasteiger partial charge < -0.3 is 10.0 Å². The van der Waals surface area contributed by atoms with Crippen LogP contribution < -0.4 is 5.46 Å². The Morgan fingerprint density at radius 3 is 2.91 bits per heavy atom. The molecule has 2 N–H and O–H groups in total. The number of hydrogen-bond acceptors (Lipinski definition) is 2. The highest BCUT2D eigenvalue weighted by atomic mass is 19.1. The van der Waals surface area contributed by atoms with Gasteiger partial charge in [-0.1, -0.05) is 6.04 Å². The molecule has 0 fully saturated rings. The van der Waals surface area contributed by atoms with Crippen LogP contribution in [-0.4, -0.2) is 17.2 Å². The summed E-state index contributed by atoms with van der Waals surface area (Å²) in [5.74, 6) is -1.47. The van der Waals surface area contributed by atoms with Crippen LogP contribution in [0, 0.1) is 12.7 Å². The fourth-order valence-electron chi connectivity index (χ4n) is 0.587. The molecule has 0 amide bonds. The maximum atomic E-state index is 13.3. The highest BCUT2D eigenvalue weighted by Gasteiger charge is 2.13. The van der Waals surface area contributed by atoms with Crippen molar-refractivity contribution < 1.29 is 22.7 Å². The molecule has 0 aliphatic carbocycles. The molecule has 1 aromatic carbocycles. The lowest BCUT2D eigenvalue weighted by Crippen LogP contribution is -2.31. The van der Waals surface area contributed by atoms with Crippen molar-refractivity contribution in [3.05, 3.63) is 29.5 Å². The van der Waals surface area contributed by atoms with Crippen LogP contribution in [0.15, 0.2) is 18.1 Å². The summed E-state index contributed by atoms with van der Waals surface area (Å²) in [7, 11) is -2.35. The van der Waals surface area contributed by atoms with Crippen LogP contribution in [0.25, 0.3) is 0 Å². The first-order valence-electron chi connectivity index (χ1n) is 5.74. The van der Waals surface area contributed by atoms with Crippen molar-refractivity contribution in [1.82, 2.24) is 0 Å². The third-order valence-electron chi connectivity index (χ3n) is 1.07. The molecule has 0 aromatic heterocycles. The molecule has 11 heavy (non-hydrogen) atoms. The molecule has 1 aromatic rings. The number of halogens is 1. The third kappa shape index (κ3) is 1.79. The largest absolute Gasteiger partial charge is 0.488 e. The van der Waals surface area contributed by atoms with Gasteiger partial charge >= 0.3 is 7.12 Å². The van der Waals surface area contributed by atoms with Crippen LogP contribution in [0.2, 0.25) is 0 Å². The van der Waals surface area contributed by atoms with Crippen molar-refractivity contribution in [2.75, 3.05) is 0 Å². The molecule has 0 bridgehead atoms. The van der Waals surface area contributed by atoms with Crippen molar-refractivity contribution in [1.29, 1.82) is 0 Å². The predicted molar refractivity (Wildman–Crippen MR) is 41.0 cm³/mol. The second-order valence-corrected chi connectivity index (χ2v) is 1.85. The second-order valence-electron chi connectivity index (χ2n) is 1.85. The van der Waals surface area contributed by atoms with Gasteiger partial charge in [-0.3, -0.25) is 0 Å². The van der Waals surface area contributed by atoms with Crippen LogP contribution in [0.5, 0.6) is 0 Å². The van der Waals surface area contributed by atoms with Crippen molar-refractivity contribution in [3.8, 4) is 0 Å². The van der Waals surface area contributed by atoms with Gasteiger partial charge in [-0.25, -0.2) is 4.39 Å². The fourth-order valence-corrected chi connectivity index (χ4v) is 0.587. The van der Waals surface area contributed by atoms with Crippen molar-refractivity contribution >= 4 is 12.6 Å². The van der Waals surface area contributed by atoms with E-state index in [1.54, 1.807) is 0 Å². The highest BCUT2D eigenvalue weighted by molar-refractivity contribution is 6.59. The minimum Gasteiger partial charge on any atom is -0.423 e. The highest BCUT2D eigenvalue weighted by Crippen LogP contribution is 1.99. The Morgan fingerprint density at radius 2 is 2.36 bits per heavy atom. The number of benzene rings is 1. The fraction of sp³-hybridized carbons (Fsp3) is 0.143. The molecule has 0 atom stereocenters. The van der Waals surface area contributed by atoms with Gasteiger partial charge in [0, 0.05) is 4.11 Å². The summed E-state index contributed by atoms with van der Waals surface area (Å²) in [6, 6.07) is -3.10. The van der Waals surface area contributed by atoms with Crippen molar-refractivity contribution in [2.24, 2.45) is 0 Å². The molecule has 0 spiro atoms. The van der Waals surface area contributed by atoms with E-state index in [9.17, 15) is 4.39 Å². The van der Waals surface area contributed by atoms with Gasteiger partial charge in [0.1, 0.15) is 5.82 Å². The second kappa shape index (κ2) is 3.03. The van der Waals surface area contributed by atoms with Gasteiger partial charge in [-0.15, -0.1) is 0 Å². The zero-order valence-corrected chi connectivity index (χ0v) is 5.35. The molecule has 0 saturated carbocycles. The standard InChI is InChI=1S/C7H8BFO2/c1-5-4-6(9)2-3-7(5)8(10)11/h2-4,10-11H,1H3/i1D3,2D,3D,4D. The van der Waals surface area contributed by atoms with Gasteiger partial charge in [0.15, 0.2) is 0 Å². The summed E-state index contributed by atoms with van der Waals surface area (Å²) in [6.45, 7) is -2.97. The van der Waals surface area contributed by atoms with E-state index in [-0.39, 0.29) is 0 Å². The van der Waals surface area contributed by atoms with Crippen LogP contribution in [0.4, 0.5) is 4.39 Å². The lowest BCUT2D eigenvalue weighted by atomic mass is 9.77. The monoisotopic (exact) mass is 160 g/mol. The molecule has 4 heteroatoms. The van der Waals surface area contributed by atoms with Crippen LogP contribution >= 0.6 is 0 Å². The molecule has 0 aliphatic rings.